The molecule has 1 saturated heterocycles. The van der Waals surface area contributed by atoms with Crippen molar-refractivity contribution in [3.05, 3.63) is 59.7 Å². The lowest BCUT2D eigenvalue weighted by Crippen LogP contribution is -2.49. The molecule has 1 aliphatic heterocycles. The smallest absolute Gasteiger partial charge is 0.151 e. The zero-order chi connectivity index (χ0) is 20.0. The lowest BCUT2D eigenvalue weighted by molar-refractivity contribution is -0.122. The average Bonchev–Trinajstić information content (AvgIpc) is 3.09. The largest absolute Gasteiger partial charge is 0.370 e. The number of benzene rings is 2. The fourth-order valence-electron chi connectivity index (χ4n) is 5.15. The Morgan fingerprint density at radius 2 is 1.90 bits per heavy atom. The number of hydrogen-bond acceptors (Lipinski definition) is 4. The summed E-state index contributed by atoms with van der Waals surface area (Å²) in [4.78, 5) is 4.95. The minimum Gasteiger partial charge on any atom is -0.370 e. The number of thioether (sulfide) groups is 1. The molecule has 5 rings (SSSR count). The van der Waals surface area contributed by atoms with Crippen LogP contribution in [-0.2, 0) is 4.74 Å². The van der Waals surface area contributed by atoms with E-state index in [1.807, 2.05) is 23.1 Å². The normalized spacial score (nSPS) is 32.2. The number of nitrogens with zero attached hydrogens (tertiary/aromatic N) is 1. The van der Waals surface area contributed by atoms with Gasteiger partial charge in [0.15, 0.2) is 4.34 Å². The van der Waals surface area contributed by atoms with Gasteiger partial charge in [0.05, 0.1) is 22.4 Å². The lowest BCUT2D eigenvalue weighted by Gasteiger charge is -2.51. The summed E-state index contributed by atoms with van der Waals surface area (Å²) in [5.41, 5.74) is 3.75. The molecule has 2 aliphatic rings. The van der Waals surface area contributed by atoms with Gasteiger partial charge in [-0.1, -0.05) is 67.1 Å². The summed E-state index contributed by atoms with van der Waals surface area (Å²) in [7, 11) is 0. The maximum Gasteiger partial charge on any atom is 0.151 e. The summed E-state index contributed by atoms with van der Waals surface area (Å²) in [6.07, 6.45) is 5.34. The van der Waals surface area contributed by atoms with E-state index >= 15 is 0 Å². The van der Waals surface area contributed by atoms with Crippen molar-refractivity contribution < 1.29 is 4.74 Å². The summed E-state index contributed by atoms with van der Waals surface area (Å²) in [6, 6.07) is 17.4. The minimum atomic E-state index is 0.145. The minimum absolute atomic E-state index is 0.145. The molecule has 2 nitrogen and oxygen atoms in total. The van der Waals surface area contributed by atoms with Crippen LogP contribution in [0.3, 0.4) is 0 Å². The van der Waals surface area contributed by atoms with Crippen LogP contribution in [0.25, 0.3) is 10.2 Å². The SMILES string of the molecule is Cc1ccc([C@H]2C[C@](C)(Sc3nc4ccccc4s3)[C@@H]3CC[C@@H](C)C[C@H]3O2)cc1. The van der Waals surface area contributed by atoms with Gasteiger partial charge in [-0.3, -0.25) is 0 Å². The molecule has 2 heterocycles. The van der Waals surface area contributed by atoms with Gasteiger partial charge in [-0.15, -0.1) is 11.3 Å². The Morgan fingerprint density at radius 1 is 1.10 bits per heavy atom. The molecule has 0 amide bonds. The number of thiazole rings is 1. The first-order valence-electron chi connectivity index (χ1n) is 10.8. The van der Waals surface area contributed by atoms with E-state index in [-0.39, 0.29) is 10.9 Å². The quantitative estimate of drug-likeness (QED) is 0.437. The van der Waals surface area contributed by atoms with Crippen molar-refractivity contribution in [2.75, 3.05) is 0 Å². The van der Waals surface area contributed by atoms with Crippen LogP contribution in [0.2, 0.25) is 0 Å². The molecular weight excluding hydrogens is 394 g/mol. The zero-order valence-corrected chi connectivity index (χ0v) is 19.1. The monoisotopic (exact) mass is 423 g/mol. The van der Waals surface area contributed by atoms with Gasteiger partial charge in [0.1, 0.15) is 0 Å². The molecular formula is C25H29NOS2. The van der Waals surface area contributed by atoms with Crippen molar-refractivity contribution >= 4 is 33.3 Å². The number of aromatic nitrogens is 1. The number of aryl methyl sites for hydroxylation is 1. The first-order valence-corrected chi connectivity index (χ1v) is 12.4. The second kappa shape index (κ2) is 7.72. The van der Waals surface area contributed by atoms with Crippen LogP contribution in [0.4, 0.5) is 0 Å². The van der Waals surface area contributed by atoms with Crippen LogP contribution in [0.1, 0.15) is 56.8 Å². The highest BCUT2D eigenvalue weighted by Crippen LogP contribution is 2.55. The molecule has 0 N–H and O–H groups in total. The van der Waals surface area contributed by atoms with Gasteiger partial charge in [-0.25, -0.2) is 4.98 Å². The number of ether oxygens (including phenoxy) is 1. The maximum atomic E-state index is 6.75. The number of rotatable bonds is 3. The predicted molar refractivity (Wildman–Crippen MR) is 124 cm³/mol. The van der Waals surface area contributed by atoms with Gasteiger partial charge < -0.3 is 4.74 Å². The third-order valence-electron chi connectivity index (χ3n) is 6.81. The Balaban J connectivity index is 1.47. The third-order valence-corrected chi connectivity index (χ3v) is 9.34. The summed E-state index contributed by atoms with van der Waals surface area (Å²) < 4.78 is 9.38. The van der Waals surface area contributed by atoms with E-state index in [4.69, 9.17) is 9.72 Å². The van der Waals surface area contributed by atoms with Gasteiger partial charge in [-0.2, -0.15) is 0 Å². The van der Waals surface area contributed by atoms with E-state index in [1.165, 1.54) is 39.4 Å². The third kappa shape index (κ3) is 3.87. The van der Waals surface area contributed by atoms with E-state index in [0.29, 0.717) is 12.0 Å². The molecule has 0 spiro atoms. The van der Waals surface area contributed by atoms with Crippen LogP contribution in [0.5, 0.6) is 0 Å². The highest BCUT2D eigenvalue weighted by molar-refractivity contribution is 8.02. The van der Waals surface area contributed by atoms with Crippen LogP contribution < -0.4 is 0 Å². The van der Waals surface area contributed by atoms with Crippen molar-refractivity contribution in [1.29, 1.82) is 0 Å². The van der Waals surface area contributed by atoms with Gasteiger partial charge in [0.25, 0.3) is 0 Å². The Bertz CT molecular complexity index is 964. The molecule has 3 aromatic rings. The summed E-state index contributed by atoms with van der Waals surface area (Å²) in [5, 5.41) is 0. The highest BCUT2D eigenvalue weighted by Gasteiger charge is 2.49. The lowest BCUT2D eigenvalue weighted by atomic mass is 9.70. The molecule has 4 heteroatoms. The number of fused-ring (bicyclic) bond motifs is 2. The van der Waals surface area contributed by atoms with Crippen LogP contribution in [0.15, 0.2) is 52.9 Å². The molecule has 2 fully saturated rings. The van der Waals surface area contributed by atoms with Gasteiger partial charge >= 0.3 is 0 Å². The second-order valence-electron chi connectivity index (χ2n) is 9.16. The summed E-state index contributed by atoms with van der Waals surface area (Å²) in [5.74, 6) is 1.35. The van der Waals surface area contributed by atoms with Crippen molar-refractivity contribution in [2.45, 2.75) is 67.7 Å². The van der Waals surface area contributed by atoms with Crippen LogP contribution in [-0.4, -0.2) is 15.8 Å². The number of hydrogen-bond donors (Lipinski definition) is 0. The molecule has 5 atom stereocenters. The summed E-state index contributed by atoms with van der Waals surface area (Å²) in [6.45, 7) is 7.01. The van der Waals surface area contributed by atoms with Crippen molar-refractivity contribution in [2.24, 2.45) is 11.8 Å². The fraction of sp³-hybridized carbons (Fsp3) is 0.480. The Kier molecular flexibility index (Phi) is 5.21. The van der Waals surface area contributed by atoms with Crippen LogP contribution in [0, 0.1) is 18.8 Å². The van der Waals surface area contributed by atoms with E-state index in [9.17, 15) is 0 Å². The molecule has 0 bridgehead atoms. The van der Waals surface area contributed by atoms with Crippen molar-refractivity contribution in [3.8, 4) is 0 Å². The van der Waals surface area contributed by atoms with E-state index in [2.05, 4.69) is 69.3 Å². The Morgan fingerprint density at radius 3 is 2.69 bits per heavy atom. The topological polar surface area (TPSA) is 22.1 Å². The number of para-hydroxylation sites is 1. The Labute approximate surface area is 182 Å². The molecule has 1 aliphatic carbocycles. The predicted octanol–water partition coefficient (Wildman–Crippen LogP) is 7.42. The van der Waals surface area contributed by atoms with Gasteiger partial charge in [0.2, 0.25) is 0 Å². The molecule has 0 unspecified atom stereocenters. The molecule has 1 saturated carbocycles. The molecule has 2 aromatic carbocycles. The highest BCUT2D eigenvalue weighted by atomic mass is 32.2. The molecule has 0 radical (unpaired) electrons. The van der Waals surface area contributed by atoms with Gasteiger partial charge in [0, 0.05) is 10.7 Å². The maximum absolute atomic E-state index is 6.75. The zero-order valence-electron chi connectivity index (χ0n) is 17.4. The fourth-order valence-corrected chi connectivity index (χ4v) is 8.05. The average molecular weight is 424 g/mol. The van der Waals surface area contributed by atoms with E-state index in [1.54, 1.807) is 0 Å². The van der Waals surface area contributed by atoms with Crippen molar-refractivity contribution in [1.82, 2.24) is 4.98 Å². The first-order chi connectivity index (χ1) is 14.0. The van der Waals surface area contributed by atoms with Crippen LogP contribution >= 0.6 is 23.1 Å². The second-order valence-corrected chi connectivity index (χ2v) is 12.0. The molecule has 152 valence electrons. The van der Waals surface area contributed by atoms with E-state index < -0.39 is 0 Å². The summed E-state index contributed by atoms with van der Waals surface area (Å²) >= 11 is 3.85. The standard InChI is InChI=1S/C25H29NOS2/c1-16-8-11-18(12-9-16)22-15-25(3,19-13-10-17(2)14-21(19)27-22)29-24-26-20-6-4-5-7-23(20)28-24/h4-9,11-12,17,19,21-22H,10,13-15H2,1-3H3/t17-,19-,21-,22-,25+/m1/s1. The molecule has 29 heavy (non-hydrogen) atoms. The van der Waals surface area contributed by atoms with E-state index in [0.717, 1.165) is 17.9 Å². The Hall–Kier alpha value is -1.36. The van der Waals surface area contributed by atoms with Gasteiger partial charge in [-0.05, 0) is 56.7 Å². The molecule has 1 aromatic heterocycles. The first kappa shape index (κ1) is 19.6. The van der Waals surface area contributed by atoms with Crippen molar-refractivity contribution in [3.63, 3.8) is 0 Å².